The molecule has 110 valence electrons. The second-order valence-electron chi connectivity index (χ2n) is 4.70. The number of rotatable bonds is 4. The van der Waals surface area contributed by atoms with Crippen LogP contribution in [0.25, 0.3) is 0 Å². The fourth-order valence-electron chi connectivity index (χ4n) is 2.08. The van der Waals surface area contributed by atoms with Gasteiger partial charge in [-0.3, -0.25) is 19.9 Å². The van der Waals surface area contributed by atoms with E-state index in [1.165, 1.54) is 0 Å². The van der Waals surface area contributed by atoms with E-state index in [0.717, 1.165) is 26.2 Å². The number of nitrogens with two attached hydrogens (primary N) is 1. The van der Waals surface area contributed by atoms with Crippen molar-refractivity contribution in [2.24, 2.45) is 5.73 Å². The lowest BCUT2D eigenvalue weighted by atomic mass is 10.3. The van der Waals surface area contributed by atoms with Crippen LogP contribution in [-0.4, -0.2) is 64.6 Å². The number of amides is 3. The molecule has 0 radical (unpaired) electrons. The molecular weight excluding hydrogens is 264 g/mol. The van der Waals surface area contributed by atoms with Crippen LogP contribution in [0.1, 0.15) is 11.7 Å². The molecule has 2 rings (SSSR count). The Morgan fingerprint density at radius 2 is 1.95 bits per heavy atom. The molecule has 9 nitrogen and oxygen atoms in total. The lowest BCUT2D eigenvalue weighted by Crippen LogP contribution is -2.50. The molecule has 2 heterocycles. The maximum absolute atomic E-state index is 11.4. The van der Waals surface area contributed by atoms with Crippen LogP contribution in [0.5, 0.6) is 0 Å². The van der Waals surface area contributed by atoms with Crippen LogP contribution in [0.2, 0.25) is 0 Å². The van der Waals surface area contributed by atoms with Gasteiger partial charge >= 0.3 is 6.03 Å². The summed E-state index contributed by atoms with van der Waals surface area (Å²) in [7, 11) is 0. The minimum absolute atomic E-state index is 0.177. The third-order valence-corrected chi connectivity index (χ3v) is 3.02. The highest BCUT2D eigenvalue weighted by Gasteiger charge is 2.20. The first-order valence-electron chi connectivity index (χ1n) is 6.36. The third-order valence-electron chi connectivity index (χ3n) is 3.02. The van der Waals surface area contributed by atoms with Gasteiger partial charge < -0.3 is 10.3 Å². The molecule has 1 fully saturated rings. The Balaban J connectivity index is 1.72. The molecule has 0 spiro atoms. The number of imide groups is 1. The third kappa shape index (κ3) is 4.28. The average molecular weight is 282 g/mol. The van der Waals surface area contributed by atoms with Gasteiger partial charge in [0.1, 0.15) is 0 Å². The van der Waals surface area contributed by atoms with Crippen molar-refractivity contribution in [2.45, 2.75) is 13.5 Å². The summed E-state index contributed by atoms with van der Waals surface area (Å²) < 4.78 is 5.07. The number of primary amides is 1. The van der Waals surface area contributed by atoms with Gasteiger partial charge in [0.2, 0.25) is 11.8 Å². The van der Waals surface area contributed by atoms with Crippen LogP contribution < -0.4 is 11.1 Å². The summed E-state index contributed by atoms with van der Waals surface area (Å²) in [5, 5.41) is 5.80. The number of carbonyl (C=O) groups is 2. The van der Waals surface area contributed by atoms with Crippen LogP contribution in [-0.2, 0) is 11.3 Å². The largest absolute Gasteiger partial charge is 0.351 e. The first kappa shape index (κ1) is 14.4. The number of aromatic nitrogens is 2. The molecule has 1 saturated heterocycles. The maximum atomic E-state index is 11.4. The molecule has 0 aliphatic carbocycles. The summed E-state index contributed by atoms with van der Waals surface area (Å²) >= 11 is 0. The Hall–Kier alpha value is -2.00. The molecule has 0 unspecified atom stereocenters. The lowest BCUT2D eigenvalue weighted by molar-refractivity contribution is -0.121. The molecule has 3 N–H and O–H groups in total. The number of aryl methyl sites for hydroxylation is 1. The minimum atomic E-state index is -0.819. The molecule has 1 aromatic rings. The van der Waals surface area contributed by atoms with E-state index in [1.54, 1.807) is 6.92 Å². The van der Waals surface area contributed by atoms with Crippen molar-refractivity contribution in [3.05, 3.63) is 11.7 Å². The molecule has 0 saturated carbocycles. The van der Waals surface area contributed by atoms with Gasteiger partial charge in [0, 0.05) is 26.2 Å². The molecule has 0 aromatic carbocycles. The van der Waals surface area contributed by atoms with E-state index >= 15 is 0 Å². The van der Waals surface area contributed by atoms with Crippen molar-refractivity contribution in [3.63, 3.8) is 0 Å². The van der Waals surface area contributed by atoms with Gasteiger partial charge in [0.05, 0.1) is 13.1 Å². The first-order chi connectivity index (χ1) is 9.52. The summed E-state index contributed by atoms with van der Waals surface area (Å²) in [4.78, 5) is 30.2. The molecule has 3 amide bonds. The number of piperazine rings is 1. The zero-order chi connectivity index (χ0) is 14.5. The van der Waals surface area contributed by atoms with Gasteiger partial charge in [-0.2, -0.15) is 4.98 Å². The Morgan fingerprint density at radius 3 is 2.50 bits per heavy atom. The van der Waals surface area contributed by atoms with Crippen LogP contribution in [0.4, 0.5) is 4.79 Å². The number of hydrogen-bond donors (Lipinski definition) is 2. The van der Waals surface area contributed by atoms with Gasteiger partial charge in [-0.05, 0) is 6.92 Å². The zero-order valence-electron chi connectivity index (χ0n) is 11.3. The molecule has 0 atom stereocenters. The topological polar surface area (TPSA) is 118 Å². The molecule has 20 heavy (non-hydrogen) atoms. The smallest absolute Gasteiger partial charge is 0.318 e. The minimum Gasteiger partial charge on any atom is -0.351 e. The van der Waals surface area contributed by atoms with E-state index in [-0.39, 0.29) is 12.5 Å². The highest BCUT2D eigenvalue weighted by molar-refractivity contribution is 5.94. The van der Waals surface area contributed by atoms with Crippen molar-refractivity contribution < 1.29 is 14.1 Å². The van der Waals surface area contributed by atoms with Crippen LogP contribution in [0.3, 0.4) is 0 Å². The Kier molecular flexibility index (Phi) is 4.64. The van der Waals surface area contributed by atoms with Gasteiger partial charge in [0.25, 0.3) is 0 Å². The predicted molar refractivity (Wildman–Crippen MR) is 68.5 cm³/mol. The van der Waals surface area contributed by atoms with Crippen molar-refractivity contribution in [1.29, 1.82) is 0 Å². The molecular formula is C11H18N6O3. The van der Waals surface area contributed by atoms with Crippen molar-refractivity contribution in [3.8, 4) is 0 Å². The summed E-state index contributed by atoms with van der Waals surface area (Å²) in [6.07, 6.45) is 0. The first-order valence-corrected chi connectivity index (χ1v) is 6.36. The SMILES string of the molecule is Cc1noc(CN2CCN(CC(=O)NC(N)=O)CC2)n1. The second-order valence-corrected chi connectivity index (χ2v) is 4.70. The Morgan fingerprint density at radius 1 is 1.30 bits per heavy atom. The van der Waals surface area contributed by atoms with Gasteiger partial charge in [-0.15, -0.1) is 0 Å². The van der Waals surface area contributed by atoms with E-state index in [4.69, 9.17) is 10.3 Å². The summed E-state index contributed by atoms with van der Waals surface area (Å²) in [5.74, 6) is 0.850. The molecule has 0 bridgehead atoms. The predicted octanol–water partition coefficient (Wildman–Crippen LogP) is -1.31. The van der Waals surface area contributed by atoms with Crippen molar-refractivity contribution in [2.75, 3.05) is 32.7 Å². The zero-order valence-corrected chi connectivity index (χ0v) is 11.3. The Labute approximate surface area is 116 Å². The number of carbonyl (C=O) groups excluding carboxylic acids is 2. The van der Waals surface area contributed by atoms with E-state index in [0.29, 0.717) is 18.3 Å². The number of urea groups is 1. The van der Waals surface area contributed by atoms with E-state index < -0.39 is 6.03 Å². The molecule has 1 aromatic heterocycles. The average Bonchev–Trinajstić information content (AvgIpc) is 2.76. The fraction of sp³-hybridized carbons (Fsp3) is 0.636. The summed E-state index contributed by atoms with van der Waals surface area (Å²) in [5.41, 5.74) is 4.89. The van der Waals surface area contributed by atoms with Gasteiger partial charge in [-0.25, -0.2) is 4.79 Å². The van der Waals surface area contributed by atoms with E-state index in [2.05, 4.69) is 20.4 Å². The summed E-state index contributed by atoms with van der Waals surface area (Å²) in [6, 6.07) is -0.819. The summed E-state index contributed by atoms with van der Waals surface area (Å²) in [6.45, 7) is 5.63. The normalized spacial score (nSPS) is 17.1. The van der Waals surface area contributed by atoms with Crippen molar-refractivity contribution >= 4 is 11.9 Å². The molecule has 9 heteroatoms. The number of nitrogens with zero attached hydrogens (tertiary/aromatic N) is 4. The lowest BCUT2D eigenvalue weighted by Gasteiger charge is -2.33. The van der Waals surface area contributed by atoms with Gasteiger partial charge in [0.15, 0.2) is 5.82 Å². The number of hydrogen-bond acceptors (Lipinski definition) is 7. The number of nitrogens with one attached hydrogen (secondary N) is 1. The fourth-order valence-corrected chi connectivity index (χ4v) is 2.08. The van der Waals surface area contributed by atoms with Crippen LogP contribution in [0, 0.1) is 6.92 Å². The molecule has 1 aliphatic heterocycles. The van der Waals surface area contributed by atoms with E-state index in [1.807, 2.05) is 4.90 Å². The quantitative estimate of drug-likeness (QED) is 0.704. The second kappa shape index (κ2) is 6.44. The van der Waals surface area contributed by atoms with Gasteiger partial charge in [-0.1, -0.05) is 5.16 Å². The van der Waals surface area contributed by atoms with Crippen molar-refractivity contribution in [1.82, 2.24) is 25.3 Å². The van der Waals surface area contributed by atoms with Crippen LogP contribution in [0.15, 0.2) is 4.52 Å². The Bertz CT molecular complexity index is 480. The highest BCUT2D eigenvalue weighted by Crippen LogP contribution is 2.06. The molecule has 1 aliphatic rings. The maximum Gasteiger partial charge on any atom is 0.318 e. The highest BCUT2D eigenvalue weighted by atomic mass is 16.5. The monoisotopic (exact) mass is 282 g/mol. The standard InChI is InChI=1S/C11H18N6O3/c1-8-13-10(20-15-8)7-17-4-2-16(3-5-17)6-9(18)14-11(12)19/h2-7H2,1H3,(H3,12,14,18,19). The van der Waals surface area contributed by atoms with Crippen LogP contribution >= 0.6 is 0 Å². The van der Waals surface area contributed by atoms with E-state index in [9.17, 15) is 9.59 Å².